The first kappa shape index (κ1) is 24.1. The van der Waals surface area contributed by atoms with Gasteiger partial charge in [0.05, 0.1) is 13.2 Å². The fraction of sp³-hybridized carbons (Fsp3) is 0.185. The fourth-order valence-electron chi connectivity index (χ4n) is 3.97. The van der Waals surface area contributed by atoms with Crippen molar-refractivity contribution < 1.29 is 13.5 Å². The lowest BCUT2D eigenvalue weighted by atomic mass is 9.95. The molecule has 2 unspecified atom stereocenters. The van der Waals surface area contributed by atoms with E-state index in [1.807, 2.05) is 55.5 Å². The van der Waals surface area contributed by atoms with Gasteiger partial charge in [-0.25, -0.2) is 8.78 Å². The summed E-state index contributed by atoms with van der Waals surface area (Å²) in [6, 6.07) is 18.5. The molecule has 8 heteroatoms. The summed E-state index contributed by atoms with van der Waals surface area (Å²) in [5, 5.41) is 6.44. The molecule has 0 amide bonds. The standard InChI is InChI=1S/C27H25F2N3O3/c1-15(18-8-11-21(28)22(29)13-18)32-24(17-6-9-20(35-2)10-7-17)19-5-3-4-16(12-19)14-31-25-23(30)26(33)27(25)34/h3-13,15,24,31-32H,14,30H2,1-2H3. The Balaban J connectivity index is 1.62. The van der Waals surface area contributed by atoms with E-state index in [4.69, 9.17) is 10.5 Å². The van der Waals surface area contributed by atoms with Crippen LogP contribution in [0.5, 0.6) is 5.75 Å². The van der Waals surface area contributed by atoms with E-state index in [1.54, 1.807) is 13.2 Å². The van der Waals surface area contributed by atoms with Crippen LogP contribution in [-0.2, 0) is 6.54 Å². The van der Waals surface area contributed by atoms with Crippen LogP contribution in [0.3, 0.4) is 0 Å². The molecule has 0 aliphatic rings. The minimum Gasteiger partial charge on any atom is -0.497 e. The molecule has 4 N–H and O–H groups in total. The number of nitrogens with two attached hydrogens (primary N) is 1. The molecule has 0 aromatic heterocycles. The smallest absolute Gasteiger partial charge is 0.253 e. The lowest BCUT2D eigenvalue weighted by molar-refractivity contribution is 0.414. The molecule has 35 heavy (non-hydrogen) atoms. The summed E-state index contributed by atoms with van der Waals surface area (Å²) in [6.07, 6.45) is 0. The Bertz CT molecular complexity index is 1410. The second-order valence-corrected chi connectivity index (χ2v) is 8.31. The summed E-state index contributed by atoms with van der Waals surface area (Å²) >= 11 is 0. The summed E-state index contributed by atoms with van der Waals surface area (Å²) in [4.78, 5) is 23.0. The Morgan fingerprint density at radius 2 is 1.60 bits per heavy atom. The predicted octanol–water partition coefficient (Wildman–Crippen LogP) is 4.20. The van der Waals surface area contributed by atoms with Gasteiger partial charge in [0.1, 0.15) is 17.1 Å². The van der Waals surface area contributed by atoms with Crippen molar-refractivity contribution >= 4 is 11.4 Å². The highest BCUT2D eigenvalue weighted by molar-refractivity contribution is 5.71. The monoisotopic (exact) mass is 477 g/mol. The number of hydrogen-bond acceptors (Lipinski definition) is 6. The normalized spacial score (nSPS) is 12.9. The van der Waals surface area contributed by atoms with E-state index in [0.29, 0.717) is 17.9 Å². The largest absolute Gasteiger partial charge is 0.497 e. The van der Waals surface area contributed by atoms with Crippen molar-refractivity contribution in [3.05, 3.63) is 121 Å². The van der Waals surface area contributed by atoms with Crippen molar-refractivity contribution in [3.8, 4) is 5.75 Å². The van der Waals surface area contributed by atoms with Gasteiger partial charge in [0.25, 0.3) is 10.9 Å². The van der Waals surface area contributed by atoms with Gasteiger partial charge >= 0.3 is 0 Å². The number of rotatable bonds is 9. The highest BCUT2D eigenvalue weighted by Crippen LogP contribution is 2.29. The van der Waals surface area contributed by atoms with E-state index < -0.39 is 22.5 Å². The Labute approximate surface area is 201 Å². The molecule has 0 aliphatic carbocycles. The molecule has 0 aliphatic heterocycles. The number of nitrogen functional groups attached to an aromatic ring is 1. The maximum atomic E-state index is 13.8. The van der Waals surface area contributed by atoms with Crippen LogP contribution in [0.25, 0.3) is 0 Å². The quantitative estimate of drug-likeness (QED) is 0.313. The average Bonchev–Trinajstić information content (AvgIpc) is 2.88. The van der Waals surface area contributed by atoms with E-state index in [0.717, 1.165) is 22.8 Å². The van der Waals surface area contributed by atoms with Gasteiger partial charge in [0, 0.05) is 12.6 Å². The average molecular weight is 478 g/mol. The van der Waals surface area contributed by atoms with Crippen molar-refractivity contribution in [2.75, 3.05) is 18.2 Å². The molecule has 0 radical (unpaired) electrons. The van der Waals surface area contributed by atoms with E-state index >= 15 is 0 Å². The number of anilines is 2. The van der Waals surface area contributed by atoms with E-state index in [9.17, 15) is 18.4 Å². The third-order valence-corrected chi connectivity index (χ3v) is 6.01. The summed E-state index contributed by atoms with van der Waals surface area (Å²) in [7, 11) is 1.59. The molecule has 4 aromatic carbocycles. The molecule has 0 fully saturated rings. The summed E-state index contributed by atoms with van der Waals surface area (Å²) < 4.78 is 32.5. The van der Waals surface area contributed by atoms with Crippen LogP contribution < -0.4 is 32.0 Å². The molecule has 0 saturated heterocycles. The van der Waals surface area contributed by atoms with Gasteiger partial charge in [-0.2, -0.15) is 0 Å². The first-order valence-electron chi connectivity index (χ1n) is 11.0. The van der Waals surface area contributed by atoms with Crippen molar-refractivity contribution in [2.24, 2.45) is 0 Å². The maximum Gasteiger partial charge on any atom is 0.253 e. The zero-order valence-corrected chi connectivity index (χ0v) is 19.3. The molecule has 6 nitrogen and oxygen atoms in total. The van der Waals surface area contributed by atoms with Crippen molar-refractivity contribution in [1.29, 1.82) is 0 Å². The Kier molecular flexibility index (Phi) is 6.93. The summed E-state index contributed by atoms with van der Waals surface area (Å²) in [5.74, 6) is -1.08. The van der Waals surface area contributed by atoms with Crippen LogP contribution in [-0.4, -0.2) is 7.11 Å². The molecule has 0 heterocycles. The van der Waals surface area contributed by atoms with Crippen molar-refractivity contribution in [2.45, 2.75) is 25.6 Å². The topological polar surface area (TPSA) is 93.4 Å². The molecule has 0 saturated carbocycles. The van der Waals surface area contributed by atoms with Gasteiger partial charge in [-0.1, -0.05) is 42.5 Å². The van der Waals surface area contributed by atoms with Crippen LogP contribution in [0, 0.1) is 11.6 Å². The Morgan fingerprint density at radius 3 is 2.26 bits per heavy atom. The highest BCUT2D eigenvalue weighted by atomic mass is 19.2. The zero-order chi connectivity index (χ0) is 25.1. The van der Waals surface area contributed by atoms with Gasteiger partial charge < -0.3 is 15.8 Å². The number of hydrogen-bond donors (Lipinski definition) is 3. The van der Waals surface area contributed by atoms with E-state index in [-0.39, 0.29) is 23.5 Å². The first-order chi connectivity index (χ1) is 16.8. The molecular weight excluding hydrogens is 452 g/mol. The van der Waals surface area contributed by atoms with Crippen molar-refractivity contribution in [1.82, 2.24) is 5.32 Å². The van der Waals surface area contributed by atoms with Gasteiger partial charge in [-0.3, -0.25) is 14.9 Å². The Morgan fingerprint density at radius 1 is 0.886 bits per heavy atom. The minimum absolute atomic E-state index is 0.0516. The van der Waals surface area contributed by atoms with Gasteiger partial charge in [-0.15, -0.1) is 0 Å². The van der Waals surface area contributed by atoms with Crippen LogP contribution in [0.1, 0.15) is 41.3 Å². The summed E-state index contributed by atoms with van der Waals surface area (Å²) in [5.41, 5.74) is 7.74. The Hall–Kier alpha value is -4.04. The van der Waals surface area contributed by atoms with Crippen LogP contribution >= 0.6 is 0 Å². The van der Waals surface area contributed by atoms with Crippen LogP contribution in [0.2, 0.25) is 0 Å². The fourth-order valence-corrected chi connectivity index (χ4v) is 3.97. The third kappa shape index (κ3) is 5.07. The minimum atomic E-state index is -0.900. The predicted molar refractivity (Wildman–Crippen MR) is 132 cm³/mol. The molecule has 2 atom stereocenters. The van der Waals surface area contributed by atoms with Crippen molar-refractivity contribution in [3.63, 3.8) is 0 Å². The lowest BCUT2D eigenvalue weighted by Crippen LogP contribution is -2.36. The molecular formula is C27H25F2N3O3. The summed E-state index contributed by atoms with van der Waals surface area (Å²) in [6.45, 7) is 2.18. The third-order valence-electron chi connectivity index (χ3n) is 6.01. The van der Waals surface area contributed by atoms with Gasteiger partial charge in [-0.05, 0) is 53.4 Å². The molecule has 4 aromatic rings. The molecule has 4 rings (SSSR count). The van der Waals surface area contributed by atoms with E-state index in [1.165, 1.54) is 6.07 Å². The van der Waals surface area contributed by atoms with Gasteiger partial charge in [0.15, 0.2) is 11.6 Å². The molecule has 0 bridgehead atoms. The first-order valence-corrected chi connectivity index (χ1v) is 11.0. The number of halogens is 2. The molecule has 0 spiro atoms. The highest BCUT2D eigenvalue weighted by Gasteiger charge is 2.20. The number of ether oxygens (including phenoxy) is 1. The number of methoxy groups -OCH3 is 1. The van der Waals surface area contributed by atoms with Crippen LogP contribution in [0.4, 0.5) is 20.2 Å². The lowest BCUT2D eigenvalue weighted by Gasteiger charge is -2.25. The maximum absolute atomic E-state index is 13.8. The number of nitrogens with one attached hydrogen (secondary N) is 2. The van der Waals surface area contributed by atoms with Crippen LogP contribution in [0.15, 0.2) is 76.3 Å². The second kappa shape index (κ2) is 10.1. The second-order valence-electron chi connectivity index (χ2n) is 8.31. The van der Waals surface area contributed by atoms with E-state index in [2.05, 4.69) is 10.6 Å². The SMILES string of the molecule is COc1ccc(C(NC(C)c2ccc(F)c(F)c2)c2cccc(CNc3c(N)c(=O)c3=O)c2)cc1. The van der Waals surface area contributed by atoms with Gasteiger partial charge in [0.2, 0.25) is 0 Å². The number of benzene rings is 3. The molecule has 180 valence electrons. The zero-order valence-electron chi connectivity index (χ0n) is 19.3.